The van der Waals surface area contributed by atoms with Crippen molar-refractivity contribution in [1.29, 1.82) is 0 Å². The minimum atomic E-state index is -4.62. The van der Waals surface area contributed by atoms with Crippen molar-refractivity contribution in [3.05, 3.63) is 94.5 Å². The standard InChI is InChI=1S/C31H39ClNO7P/c1-38-28-19-17-26(18-20-28)24-33(21-23-40-41(35,36)37)30(34)16-6-5-13-27-14-9-15-29(31(27)32)39-22-8-7-12-25-10-3-2-4-11-25/h2-4,9-11,14-15,17-20H,5-8,12-13,16,21-24H2,1H3,(H2,35,36,37). The monoisotopic (exact) mass is 603 g/mol. The Labute approximate surface area is 247 Å². The Kier molecular flexibility index (Phi) is 13.7. The molecule has 0 aliphatic heterocycles. The van der Waals surface area contributed by atoms with E-state index in [9.17, 15) is 9.36 Å². The van der Waals surface area contributed by atoms with Crippen LogP contribution in [0.5, 0.6) is 11.5 Å². The van der Waals surface area contributed by atoms with Gasteiger partial charge >= 0.3 is 7.82 Å². The lowest BCUT2D eigenvalue weighted by molar-refractivity contribution is -0.132. The van der Waals surface area contributed by atoms with Crippen molar-refractivity contribution in [2.24, 2.45) is 0 Å². The molecule has 0 aromatic heterocycles. The van der Waals surface area contributed by atoms with E-state index in [1.165, 1.54) is 5.56 Å². The zero-order valence-electron chi connectivity index (χ0n) is 23.4. The summed E-state index contributed by atoms with van der Waals surface area (Å²) in [4.78, 5) is 32.6. The van der Waals surface area contributed by atoms with Crippen LogP contribution in [0.3, 0.4) is 0 Å². The number of hydrogen-bond acceptors (Lipinski definition) is 5. The van der Waals surface area contributed by atoms with Crippen LogP contribution in [-0.2, 0) is 33.3 Å². The Morgan fingerprint density at radius 1 is 0.854 bits per heavy atom. The Balaban J connectivity index is 1.45. The summed E-state index contributed by atoms with van der Waals surface area (Å²) in [6.45, 7) is 0.692. The Morgan fingerprint density at radius 2 is 1.59 bits per heavy atom. The van der Waals surface area contributed by atoms with Crippen molar-refractivity contribution in [3.8, 4) is 11.5 Å². The molecule has 8 nitrogen and oxygen atoms in total. The van der Waals surface area contributed by atoms with Gasteiger partial charge in [-0.25, -0.2) is 4.57 Å². The van der Waals surface area contributed by atoms with Crippen LogP contribution in [0, 0.1) is 0 Å². The third-order valence-electron chi connectivity index (χ3n) is 6.60. The fourth-order valence-corrected chi connectivity index (χ4v) is 4.98. The van der Waals surface area contributed by atoms with Gasteiger partial charge in [0.25, 0.3) is 0 Å². The summed E-state index contributed by atoms with van der Waals surface area (Å²) < 4.78 is 26.8. The zero-order chi connectivity index (χ0) is 29.5. The molecule has 0 heterocycles. The second-order valence-corrected chi connectivity index (χ2v) is 11.3. The molecule has 3 aromatic carbocycles. The molecular weight excluding hydrogens is 565 g/mol. The summed E-state index contributed by atoms with van der Waals surface area (Å²) in [5.41, 5.74) is 3.18. The number of unbranched alkanes of at least 4 members (excludes halogenated alkanes) is 2. The van der Waals surface area contributed by atoms with Crippen LogP contribution >= 0.6 is 19.4 Å². The van der Waals surface area contributed by atoms with Crippen molar-refractivity contribution in [2.75, 3.05) is 26.9 Å². The van der Waals surface area contributed by atoms with Gasteiger partial charge in [0.1, 0.15) is 11.5 Å². The summed E-state index contributed by atoms with van der Waals surface area (Å²) in [5, 5.41) is 0.609. The molecule has 0 saturated carbocycles. The number of methoxy groups -OCH3 is 1. The highest BCUT2D eigenvalue weighted by Crippen LogP contribution is 2.35. The average molecular weight is 604 g/mol. The van der Waals surface area contributed by atoms with Crippen LogP contribution in [-0.4, -0.2) is 47.5 Å². The van der Waals surface area contributed by atoms with Gasteiger partial charge in [0.2, 0.25) is 5.91 Å². The SMILES string of the molecule is COc1ccc(CN(CCOP(=O)(O)O)C(=O)CCCCc2cccc(OCCCCc3ccccc3)c2Cl)cc1. The zero-order valence-corrected chi connectivity index (χ0v) is 25.1. The minimum Gasteiger partial charge on any atom is -0.497 e. The van der Waals surface area contributed by atoms with E-state index in [2.05, 4.69) is 28.8 Å². The molecule has 1 amide bonds. The highest BCUT2D eigenvalue weighted by atomic mass is 35.5. The number of hydrogen-bond donors (Lipinski definition) is 2. The number of rotatable bonds is 18. The van der Waals surface area contributed by atoms with Crippen molar-refractivity contribution in [3.63, 3.8) is 0 Å². The maximum atomic E-state index is 13.0. The predicted octanol–water partition coefficient (Wildman–Crippen LogP) is 6.60. The van der Waals surface area contributed by atoms with Crippen LogP contribution in [0.2, 0.25) is 5.02 Å². The first-order valence-corrected chi connectivity index (χ1v) is 15.7. The van der Waals surface area contributed by atoms with Crippen LogP contribution in [0.4, 0.5) is 0 Å². The number of carbonyl (C=O) groups excluding carboxylic acids is 1. The molecule has 3 aromatic rings. The van der Waals surface area contributed by atoms with Crippen molar-refractivity contribution in [1.82, 2.24) is 4.90 Å². The van der Waals surface area contributed by atoms with Gasteiger partial charge in [0.05, 0.1) is 25.3 Å². The fourth-order valence-electron chi connectivity index (χ4n) is 4.38. The number of phosphoric ester groups is 1. The van der Waals surface area contributed by atoms with Gasteiger partial charge in [0, 0.05) is 19.5 Å². The molecule has 0 saturated heterocycles. The first kappa shape index (κ1) is 32.6. The molecule has 41 heavy (non-hydrogen) atoms. The smallest absolute Gasteiger partial charge is 0.469 e. The van der Waals surface area contributed by atoms with Gasteiger partial charge in [-0.3, -0.25) is 9.32 Å². The van der Waals surface area contributed by atoms with E-state index < -0.39 is 7.82 Å². The Hall–Kier alpha value is -2.87. The molecule has 3 rings (SSSR count). The van der Waals surface area contributed by atoms with Crippen LogP contribution in [0.25, 0.3) is 0 Å². The highest BCUT2D eigenvalue weighted by Gasteiger charge is 2.18. The molecule has 10 heteroatoms. The first-order valence-electron chi connectivity index (χ1n) is 13.8. The number of ether oxygens (including phenoxy) is 2. The van der Waals surface area contributed by atoms with Gasteiger partial charge in [-0.05, 0) is 73.4 Å². The van der Waals surface area contributed by atoms with Crippen LogP contribution in [0.15, 0.2) is 72.8 Å². The van der Waals surface area contributed by atoms with Crippen molar-refractivity contribution >= 4 is 25.3 Å². The molecule has 0 radical (unpaired) electrons. The average Bonchev–Trinajstić information content (AvgIpc) is 2.96. The first-order chi connectivity index (χ1) is 19.7. The van der Waals surface area contributed by atoms with E-state index in [-0.39, 0.29) is 19.1 Å². The van der Waals surface area contributed by atoms with E-state index in [4.69, 9.17) is 30.9 Å². The lowest BCUT2D eigenvalue weighted by atomic mass is 10.1. The molecule has 222 valence electrons. The molecular formula is C31H39ClNO7P. The van der Waals surface area contributed by atoms with Crippen LogP contribution in [0.1, 0.15) is 48.8 Å². The molecule has 0 bridgehead atoms. The summed E-state index contributed by atoms with van der Waals surface area (Å²) in [5.74, 6) is 1.26. The second kappa shape index (κ2) is 17.2. The number of nitrogens with zero attached hydrogens (tertiary/aromatic N) is 1. The van der Waals surface area contributed by atoms with Gasteiger partial charge in [-0.1, -0.05) is 66.2 Å². The van der Waals surface area contributed by atoms with E-state index >= 15 is 0 Å². The Bertz CT molecular complexity index is 1250. The third kappa shape index (κ3) is 12.3. The summed E-state index contributed by atoms with van der Waals surface area (Å²) in [6, 6.07) is 23.5. The largest absolute Gasteiger partial charge is 0.497 e. The number of carbonyl (C=O) groups is 1. The Morgan fingerprint density at radius 3 is 2.29 bits per heavy atom. The molecule has 0 aliphatic carbocycles. The van der Waals surface area contributed by atoms with Gasteiger partial charge < -0.3 is 24.2 Å². The summed E-state index contributed by atoms with van der Waals surface area (Å²) in [7, 11) is -3.04. The molecule has 0 atom stereocenters. The summed E-state index contributed by atoms with van der Waals surface area (Å²) in [6.07, 6.45) is 5.38. The van der Waals surface area contributed by atoms with Crippen LogP contribution < -0.4 is 9.47 Å². The van der Waals surface area contributed by atoms with Crippen molar-refractivity contribution in [2.45, 2.75) is 51.5 Å². The highest BCUT2D eigenvalue weighted by molar-refractivity contribution is 7.46. The second-order valence-electron chi connectivity index (χ2n) is 9.71. The van der Waals surface area contributed by atoms with E-state index in [0.29, 0.717) is 48.9 Å². The van der Waals surface area contributed by atoms with E-state index in [1.54, 1.807) is 24.1 Å². The quantitative estimate of drug-likeness (QED) is 0.125. The lowest BCUT2D eigenvalue weighted by Gasteiger charge is -2.23. The number of benzene rings is 3. The fraction of sp³-hybridized carbons (Fsp3) is 0.387. The maximum absolute atomic E-state index is 13.0. The number of amides is 1. The number of phosphoric acid groups is 1. The lowest BCUT2D eigenvalue weighted by Crippen LogP contribution is -2.33. The van der Waals surface area contributed by atoms with Gasteiger partial charge in [-0.2, -0.15) is 0 Å². The number of aryl methyl sites for hydroxylation is 2. The molecule has 0 aliphatic rings. The molecule has 0 unspecified atom stereocenters. The van der Waals surface area contributed by atoms with E-state index in [1.807, 2.05) is 36.4 Å². The number of halogens is 1. The maximum Gasteiger partial charge on any atom is 0.469 e. The molecule has 0 spiro atoms. The van der Waals surface area contributed by atoms with E-state index in [0.717, 1.165) is 36.8 Å². The van der Waals surface area contributed by atoms with Gasteiger partial charge in [0.15, 0.2) is 0 Å². The third-order valence-corrected chi connectivity index (χ3v) is 7.54. The predicted molar refractivity (Wildman–Crippen MR) is 160 cm³/mol. The molecule has 0 fully saturated rings. The van der Waals surface area contributed by atoms with Gasteiger partial charge in [-0.15, -0.1) is 0 Å². The summed E-state index contributed by atoms with van der Waals surface area (Å²) >= 11 is 6.63. The minimum absolute atomic E-state index is 0.0620. The molecule has 2 N–H and O–H groups in total. The normalized spacial score (nSPS) is 11.3. The topological polar surface area (TPSA) is 106 Å². The van der Waals surface area contributed by atoms with Crippen molar-refractivity contribution < 1.29 is 33.1 Å².